The maximum absolute atomic E-state index is 5.33. The molecule has 0 unspecified atom stereocenters. The Labute approximate surface area is 162 Å². The largest absolute Gasteiger partial charge is 0.497 e. The number of methoxy groups -OCH3 is 1. The van der Waals surface area contributed by atoms with E-state index >= 15 is 0 Å². The summed E-state index contributed by atoms with van der Waals surface area (Å²) in [5.74, 6) is 1.76. The Balaban J connectivity index is 1.57. The second kappa shape index (κ2) is 6.63. The van der Waals surface area contributed by atoms with E-state index < -0.39 is 0 Å². The highest BCUT2D eigenvalue weighted by molar-refractivity contribution is 5.77. The summed E-state index contributed by atoms with van der Waals surface area (Å²) in [6.07, 6.45) is 8.51. The lowest BCUT2D eigenvalue weighted by atomic mass is 10.2. The average molecular weight is 374 g/mol. The molecule has 5 rings (SSSR count). The van der Waals surface area contributed by atoms with Crippen molar-refractivity contribution in [3.8, 4) is 11.4 Å². The Bertz CT molecular complexity index is 1120. The zero-order valence-corrected chi connectivity index (χ0v) is 15.8. The van der Waals surface area contributed by atoms with Crippen LogP contribution >= 0.6 is 0 Å². The van der Waals surface area contributed by atoms with Crippen LogP contribution in [0.3, 0.4) is 0 Å². The van der Waals surface area contributed by atoms with E-state index in [0.717, 1.165) is 59.1 Å². The number of H-pyrrole nitrogens is 1. The fourth-order valence-electron chi connectivity index (χ4n) is 3.82. The molecule has 8 nitrogen and oxygen atoms in total. The number of aryl methyl sites for hydroxylation is 1. The van der Waals surface area contributed by atoms with Crippen molar-refractivity contribution < 1.29 is 4.74 Å². The topological polar surface area (TPSA) is 84.8 Å². The van der Waals surface area contributed by atoms with Gasteiger partial charge in [-0.25, -0.2) is 9.97 Å². The highest BCUT2D eigenvalue weighted by atomic mass is 16.5. The van der Waals surface area contributed by atoms with Crippen molar-refractivity contribution in [1.82, 2.24) is 29.9 Å². The van der Waals surface area contributed by atoms with Gasteiger partial charge in [0.1, 0.15) is 23.5 Å². The molecule has 1 atom stereocenters. The second-order valence-corrected chi connectivity index (χ2v) is 6.92. The third-order valence-electron chi connectivity index (χ3n) is 5.13. The lowest BCUT2D eigenvalue weighted by Crippen LogP contribution is -2.25. The predicted octanol–water partition coefficient (Wildman–Crippen LogP) is 3.00. The van der Waals surface area contributed by atoms with Gasteiger partial charge in [0, 0.05) is 18.3 Å². The number of imidazole rings is 1. The molecule has 0 saturated carbocycles. The number of hydrogen-bond donors (Lipinski definition) is 1. The minimum absolute atomic E-state index is 0.142. The van der Waals surface area contributed by atoms with Gasteiger partial charge in [-0.1, -0.05) is 0 Å². The summed E-state index contributed by atoms with van der Waals surface area (Å²) in [5, 5.41) is 8.54. The van der Waals surface area contributed by atoms with E-state index in [1.54, 1.807) is 24.3 Å². The summed E-state index contributed by atoms with van der Waals surface area (Å²) in [4.78, 5) is 16.6. The normalized spacial score (nSPS) is 16.8. The first-order valence-electron chi connectivity index (χ1n) is 9.29. The number of hydrogen-bond acceptors (Lipinski definition) is 6. The van der Waals surface area contributed by atoms with Crippen LogP contribution in [0.4, 0.5) is 5.69 Å². The first kappa shape index (κ1) is 16.7. The molecule has 0 bridgehead atoms. The molecule has 0 aliphatic carbocycles. The van der Waals surface area contributed by atoms with Gasteiger partial charge in [-0.15, -0.1) is 4.80 Å². The minimum Gasteiger partial charge on any atom is -0.497 e. The van der Waals surface area contributed by atoms with E-state index in [0.29, 0.717) is 0 Å². The Morgan fingerprint density at radius 2 is 2.07 bits per heavy atom. The molecule has 28 heavy (non-hydrogen) atoms. The molecule has 4 aromatic rings. The SMILES string of the molecule is COc1ccc2[nH]c([C@@H]3CCCN3c3cc(C)n[c]c3-n3nccn3)nc2c1. The van der Waals surface area contributed by atoms with Gasteiger partial charge in [0.05, 0.1) is 42.3 Å². The van der Waals surface area contributed by atoms with Crippen LogP contribution in [0.5, 0.6) is 5.75 Å². The van der Waals surface area contributed by atoms with Crippen molar-refractivity contribution in [2.45, 2.75) is 25.8 Å². The second-order valence-electron chi connectivity index (χ2n) is 6.92. The van der Waals surface area contributed by atoms with Crippen LogP contribution in [0.1, 0.15) is 30.4 Å². The van der Waals surface area contributed by atoms with Gasteiger partial charge in [-0.05, 0) is 38.0 Å². The molecule has 1 fully saturated rings. The smallest absolute Gasteiger partial charge is 0.137 e. The number of fused-ring (bicyclic) bond motifs is 1. The molecule has 4 heterocycles. The Morgan fingerprint density at radius 3 is 2.89 bits per heavy atom. The molecule has 0 spiro atoms. The van der Waals surface area contributed by atoms with Crippen LogP contribution in [0.15, 0.2) is 36.7 Å². The number of ether oxygens (including phenoxy) is 1. The number of nitrogens with one attached hydrogen (secondary N) is 1. The van der Waals surface area contributed by atoms with Crippen LogP contribution in [-0.2, 0) is 0 Å². The minimum atomic E-state index is 0.142. The van der Waals surface area contributed by atoms with Crippen LogP contribution in [0.25, 0.3) is 16.7 Å². The molecule has 1 N–H and O–H groups in total. The number of benzene rings is 1. The van der Waals surface area contributed by atoms with Crippen LogP contribution < -0.4 is 9.64 Å². The van der Waals surface area contributed by atoms with Crippen LogP contribution in [0, 0.1) is 13.1 Å². The van der Waals surface area contributed by atoms with E-state index in [1.807, 2.05) is 25.1 Å². The zero-order valence-electron chi connectivity index (χ0n) is 15.8. The van der Waals surface area contributed by atoms with Gasteiger partial charge < -0.3 is 14.6 Å². The van der Waals surface area contributed by atoms with Gasteiger partial charge in [0.2, 0.25) is 0 Å². The molecular weight excluding hydrogens is 354 g/mol. The number of pyridine rings is 1. The van der Waals surface area contributed by atoms with Gasteiger partial charge in [0.25, 0.3) is 0 Å². The molecule has 1 aliphatic rings. The lowest BCUT2D eigenvalue weighted by molar-refractivity contribution is 0.415. The third kappa shape index (κ3) is 2.77. The molecule has 1 radical (unpaired) electrons. The molecule has 0 amide bonds. The summed E-state index contributed by atoms with van der Waals surface area (Å²) < 4.78 is 5.33. The Kier molecular flexibility index (Phi) is 3.96. The summed E-state index contributed by atoms with van der Waals surface area (Å²) in [6, 6.07) is 8.12. The Hall–Kier alpha value is -3.42. The van der Waals surface area contributed by atoms with E-state index in [1.165, 1.54) is 0 Å². The van der Waals surface area contributed by atoms with Crippen LogP contribution in [0.2, 0.25) is 0 Å². The molecule has 1 aliphatic heterocycles. The van der Waals surface area contributed by atoms with Gasteiger partial charge >= 0.3 is 0 Å². The molecule has 8 heteroatoms. The number of rotatable bonds is 4. The number of nitrogens with zero attached hydrogens (tertiary/aromatic N) is 6. The van der Waals surface area contributed by atoms with Gasteiger partial charge in [-0.3, -0.25) is 0 Å². The van der Waals surface area contributed by atoms with E-state index in [4.69, 9.17) is 9.72 Å². The summed E-state index contributed by atoms with van der Waals surface area (Å²) in [5.41, 5.74) is 4.59. The fourth-order valence-corrected chi connectivity index (χ4v) is 3.82. The van der Waals surface area contributed by atoms with Crippen molar-refractivity contribution in [2.24, 2.45) is 0 Å². The summed E-state index contributed by atoms with van der Waals surface area (Å²) >= 11 is 0. The van der Waals surface area contributed by atoms with E-state index in [2.05, 4.69) is 37.3 Å². The van der Waals surface area contributed by atoms with Gasteiger partial charge in [-0.2, -0.15) is 10.2 Å². The molecule has 3 aromatic heterocycles. The van der Waals surface area contributed by atoms with Crippen molar-refractivity contribution in [3.63, 3.8) is 0 Å². The Morgan fingerprint density at radius 1 is 1.21 bits per heavy atom. The van der Waals surface area contributed by atoms with Crippen molar-refractivity contribution in [1.29, 1.82) is 0 Å². The number of aromatic nitrogens is 6. The van der Waals surface area contributed by atoms with Crippen molar-refractivity contribution >= 4 is 16.7 Å². The maximum atomic E-state index is 5.33. The maximum Gasteiger partial charge on any atom is 0.137 e. The summed E-state index contributed by atoms with van der Waals surface area (Å²) in [6.45, 7) is 2.90. The number of anilines is 1. The quantitative estimate of drug-likeness (QED) is 0.591. The molecular formula is C20H20N7O. The zero-order chi connectivity index (χ0) is 19.1. The predicted molar refractivity (Wildman–Crippen MR) is 105 cm³/mol. The monoisotopic (exact) mass is 374 g/mol. The van der Waals surface area contributed by atoms with Crippen molar-refractivity contribution in [3.05, 3.63) is 54.4 Å². The highest BCUT2D eigenvalue weighted by Crippen LogP contribution is 2.38. The van der Waals surface area contributed by atoms with Gasteiger partial charge in [0.15, 0.2) is 0 Å². The molecule has 141 valence electrons. The first-order valence-corrected chi connectivity index (χ1v) is 9.29. The standard InChI is InChI=1S/C20H20N7O/c1-13-10-18(19(12-21-13)27-22-7-8-23-27)26-9-3-4-17(26)20-24-15-6-5-14(28-2)11-16(15)25-20/h5-8,10-11,17H,3-4,9H2,1-2H3,(H,24,25)/t17-/m0/s1. The molecule has 1 aromatic carbocycles. The lowest BCUT2D eigenvalue weighted by Gasteiger charge is -2.27. The first-order chi connectivity index (χ1) is 13.7. The van der Waals surface area contributed by atoms with E-state index in [-0.39, 0.29) is 6.04 Å². The molecule has 1 saturated heterocycles. The third-order valence-corrected chi connectivity index (χ3v) is 5.13. The van der Waals surface area contributed by atoms with Crippen molar-refractivity contribution in [2.75, 3.05) is 18.6 Å². The summed E-state index contributed by atoms with van der Waals surface area (Å²) in [7, 11) is 1.67. The highest BCUT2D eigenvalue weighted by Gasteiger charge is 2.31. The van der Waals surface area contributed by atoms with Crippen LogP contribution in [-0.4, -0.2) is 43.6 Å². The average Bonchev–Trinajstić information content (AvgIpc) is 3.46. The van der Waals surface area contributed by atoms with E-state index in [9.17, 15) is 0 Å². The number of aromatic amines is 1. The fraction of sp³-hybridized carbons (Fsp3) is 0.300.